The van der Waals surface area contributed by atoms with Crippen LogP contribution in [-0.2, 0) is 4.79 Å². The summed E-state index contributed by atoms with van der Waals surface area (Å²) < 4.78 is 0. The van der Waals surface area contributed by atoms with Gasteiger partial charge in [0, 0.05) is 19.5 Å². The van der Waals surface area contributed by atoms with Crippen LogP contribution in [0.2, 0.25) is 0 Å². The topological polar surface area (TPSA) is 20.3 Å². The molecule has 1 aliphatic heterocycles. The molecule has 2 nitrogen and oxygen atoms in total. The van der Waals surface area contributed by atoms with E-state index < -0.39 is 0 Å². The van der Waals surface area contributed by atoms with E-state index in [1.165, 1.54) is 0 Å². The molecule has 1 unspecified atom stereocenters. The molecule has 2 heteroatoms. The molecule has 1 atom stereocenters. The van der Waals surface area contributed by atoms with Crippen LogP contribution in [0.15, 0.2) is 0 Å². The van der Waals surface area contributed by atoms with Gasteiger partial charge < -0.3 is 4.90 Å². The second kappa shape index (κ2) is 3.92. The predicted molar refractivity (Wildman–Crippen MR) is 49.8 cm³/mol. The Balaban J connectivity index is 2.43. The molecule has 0 saturated carbocycles. The van der Waals surface area contributed by atoms with E-state index in [4.69, 9.17) is 0 Å². The Morgan fingerprint density at radius 2 is 2.25 bits per heavy atom. The number of likely N-dealkylation sites (tertiary alicyclic amines) is 1. The molecule has 0 N–H and O–H groups in total. The molecule has 0 bridgehead atoms. The van der Waals surface area contributed by atoms with Crippen molar-refractivity contribution in [1.29, 1.82) is 0 Å². The van der Waals surface area contributed by atoms with Gasteiger partial charge in [0.15, 0.2) is 0 Å². The van der Waals surface area contributed by atoms with Crippen molar-refractivity contribution in [2.45, 2.75) is 33.6 Å². The van der Waals surface area contributed by atoms with Crippen LogP contribution in [0.1, 0.15) is 33.6 Å². The molecular weight excluding hydrogens is 150 g/mol. The zero-order valence-electron chi connectivity index (χ0n) is 8.34. The Morgan fingerprint density at radius 1 is 1.58 bits per heavy atom. The van der Waals surface area contributed by atoms with Gasteiger partial charge in [0.05, 0.1) is 0 Å². The van der Waals surface area contributed by atoms with Crippen molar-refractivity contribution in [1.82, 2.24) is 4.90 Å². The Kier molecular flexibility index (Phi) is 3.12. The first-order chi connectivity index (χ1) is 5.59. The zero-order chi connectivity index (χ0) is 9.14. The summed E-state index contributed by atoms with van der Waals surface area (Å²) in [7, 11) is 0. The molecule has 1 amide bonds. The van der Waals surface area contributed by atoms with Gasteiger partial charge in [0.25, 0.3) is 0 Å². The number of nitrogens with zero attached hydrogens (tertiary/aromatic N) is 1. The van der Waals surface area contributed by atoms with Crippen LogP contribution in [0, 0.1) is 11.8 Å². The van der Waals surface area contributed by atoms with Crippen LogP contribution < -0.4 is 0 Å². The van der Waals surface area contributed by atoms with Crippen molar-refractivity contribution in [2.24, 2.45) is 11.8 Å². The lowest BCUT2D eigenvalue weighted by atomic mass is 9.99. The molecule has 0 aliphatic carbocycles. The maximum Gasteiger partial charge on any atom is 0.222 e. The molecular formula is C10H19NO. The molecule has 0 aromatic carbocycles. The Morgan fingerprint density at radius 3 is 2.83 bits per heavy atom. The van der Waals surface area contributed by atoms with Crippen molar-refractivity contribution in [3.05, 3.63) is 0 Å². The van der Waals surface area contributed by atoms with Gasteiger partial charge in [-0.3, -0.25) is 4.79 Å². The van der Waals surface area contributed by atoms with Gasteiger partial charge in [0.1, 0.15) is 0 Å². The molecule has 1 rings (SSSR count). The second-order valence-electron chi connectivity index (χ2n) is 4.34. The summed E-state index contributed by atoms with van der Waals surface area (Å²) in [6, 6.07) is 0. The maximum atomic E-state index is 11.4. The van der Waals surface area contributed by atoms with Gasteiger partial charge in [-0.05, 0) is 18.3 Å². The highest BCUT2D eigenvalue weighted by Gasteiger charge is 2.22. The quantitative estimate of drug-likeness (QED) is 0.618. The molecule has 12 heavy (non-hydrogen) atoms. The average molecular weight is 169 g/mol. The van der Waals surface area contributed by atoms with Crippen LogP contribution in [0.25, 0.3) is 0 Å². The van der Waals surface area contributed by atoms with E-state index in [2.05, 4.69) is 20.8 Å². The van der Waals surface area contributed by atoms with E-state index in [0.29, 0.717) is 17.7 Å². The first kappa shape index (κ1) is 9.56. The number of hydrogen-bond donors (Lipinski definition) is 0. The molecule has 1 heterocycles. The summed E-state index contributed by atoms with van der Waals surface area (Å²) in [5.41, 5.74) is 0. The molecule has 70 valence electrons. The molecule has 0 radical (unpaired) electrons. The molecule has 1 saturated heterocycles. The first-order valence-corrected chi connectivity index (χ1v) is 4.87. The number of hydrogen-bond acceptors (Lipinski definition) is 1. The van der Waals surface area contributed by atoms with Crippen molar-refractivity contribution in [3.8, 4) is 0 Å². The number of rotatable bonds is 2. The normalized spacial score (nSPS) is 25.2. The van der Waals surface area contributed by atoms with E-state index in [1.54, 1.807) is 0 Å². The lowest BCUT2D eigenvalue weighted by molar-refractivity contribution is -0.135. The van der Waals surface area contributed by atoms with Crippen LogP contribution >= 0.6 is 0 Å². The molecule has 1 fully saturated rings. The van der Waals surface area contributed by atoms with Gasteiger partial charge in [-0.15, -0.1) is 0 Å². The van der Waals surface area contributed by atoms with Gasteiger partial charge >= 0.3 is 0 Å². The highest BCUT2D eigenvalue weighted by atomic mass is 16.2. The average Bonchev–Trinajstić information content (AvgIpc) is 1.96. The summed E-state index contributed by atoms with van der Waals surface area (Å²) in [5, 5.41) is 0. The number of piperidine rings is 1. The minimum atomic E-state index is 0.349. The fourth-order valence-corrected chi connectivity index (χ4v) is 1.71. The minimum absolute atomic E-state index is 0.349. The monoisotopic (exact) mass is 169 g/mol. The minimum Gasteiger partial charge on any atom is -0.342 e. The number of carbonyl (C=O) groups excluding carboxylic acids is 1. The lowest BCUT2D eigenvalue weighted by Crippen LogP contribution is -2.41. The SMILES string of the molecule is CC(C)CN1CC(C)CCC1=O. The molecule has 0 spiro atoms. The number of amides is 1. The fraction of sp³-hybridized carbons (Fsp3) is 0.900. The van der Waals surface area contributed by atoms with Gasteiger partial charge in [-0.2, -0.15) is 0 Å². The largest absolute Gasteiger partial charge is 0.342 e. The van der Waals surface area contributed by atoms with Crippen LogP contribution in [-0.4, -0.2) is 23.9 Å². The Labute approximate surface area is 74.9 Å². The van der Waals surface area contributed by atoms with Crippen molar-refractivity contribution < 1.29 is 4.79 Å². The summed E-state index contributed by atoms with van der Waals surface area (Å²) in [6.07, 6.45) is 1.83. The van der Waals surface area contributed by atoms with Gasteiger partial charge in [0.2, 0.25) is 5.91 Å². The fourth-order valence-electron chi connectivity index (χ4n) is 1.71. The summed E-state index contributed by atoms with van der Waals surface area (Å²) >= 11 is 0. The standard InChI is InChI=1S/C10H19NO/c1-8(2)6-11-7-9(3)4-5-10(11)12/h8-9H,4-7H2,1-3H3. The van der Waals surface area contributed by atoms with Crippen molar-refractivity contribution in [2.75, 3.05) is 13.1 Å². The predicted octanol–water partition coefficient (Wildman–Crippen LogP) is 1.90. The Bertz CT molecular complexity index is 163. The van der Waals surface area contributed by atoms with Crippen LogP contribution in [0.5, 0.6) is 0 Å². The molecule has 0 aromatic rings. The second-order valence-corrected chi connectivity index (χ2v) is 4.34. The van der Waals surface area contributed by atoms with Gasteiger partial charge in [-0.25, -0.2) is 0 Å². The molecule has 1 aliphatic rings. The summed E-state index contributed by atoms with van der Waals surface area (Å²) in [4.78, 5) is 13.4. The third-order valence-electron chi connectivity index (χ3n) is 2.32. The van der Waals surface area contributed by atoms with E-state index >= 15 is 0 Å². The van der Waals surface area contributed by atoms with Crippen molar-refractivity contribution in [3.63, 3.8) is 0 Å². The van der Waals surface area contributed by atoms with E-state index in [9.17, 15) is 4.79 Å². The van der Waals surface area contributed by atoms with E-state index in [1.807, 2.05) is 4.90 Å². The van der Waals surface area contributed by atoms with E-state index in [0.717, 1.165) is 25.9 Å². The van der Waals surface area contributed by atoms with Crippen LogP contribution in [0.3, 0.4) is 0 Å². The zero-order valence-corrected chi connectivity index (χ0v) is 8.34. The van der Waals surface area contributed by atoms with Gasteiger partial charge in [-0.1, -0.05) is 20.8 Å². The van der Waals surface area contributed by atoms with Crippen molar-refractivity contribution >= 4 is 5.91 Å². The first-order valence-electron chi connectivity index (χ1n) is 4.87. The number of carbonyl (C=O) groups is 1. The molecule has 0 aromatic heterocycles. The summed E-state index contributed by atoms with van der Waals surface area (Å²) in [6.45, 7) is 8.44. The highest BCUT2D eigenvalue weighted by Crippen LogP contribution is 2.17. The highest BCUT2D eigenvalue weighted by molar-refractivity contribution is 5.76. The third kappa shape index (κ3) is 2.50. The smallest absolute Gasteiger partial charge is 0.222 e. The Hall–Kier alpha value is -0.530. The summed E-state index contributed by atoms with van der Waals surface area (Å²) in [5.74, 6) is 1.64. The lowest BCUT2D eigenvalue weighted by Gasteiger charge is -2.32. The maximum absolute atomic E-state index is 11.4. The van der Waals surface area contributed by atoms with E-state index in [-0.39, 0.29) is 0 Å². The third-order valence-corrected chi connectivity index (χ3v) is 2.32. The van der Waals surface area contributed by atoms with Crippen LogP contribution in [0.4, 0.5) is 0 Å².